The lowest BCUT2D eigenvalue weighted by molar-refractivity contribution is -0.121. The number of aliphatic hydroxyl groups excluding tert-OH is 1. The summed E-state index contributed by atoms with van der Waals surface area (Å²) in [5.41, 5.74) is 8.17. The first-order chi connectivity index (χ1) is 13.5. The number of ether oxygens (including phenoxy) is 1. The van der Waals surface area contributed by atoms with E-state index >= 15 is 0 Å². The maximum Gasteiger partial charge on any atom is 0.246 e. The van der Waals surface area contributed by atoms with Crippen molar-refractivity contribution in [3.8, 4) is 16.9 Å². The zero-order valence-electron chi connectivity index (χ0n) is 15.8. The van der Waals surface area contributed by atoms with Crippen molar-refractivity contribution < 1.29 is 14.6 Å². The molecule has 3 aromatic rings. The molecule has 0 heterocycles. The molecule has 0 radical (unpaired) electrons. The van der Waals surface area contributed by atoms with Gasteiger partial charge in [0.15, 0.2) is 0 Å². The second kappa shape index (κ2) is 8.69. The van der Waals surface area contributed by atoms with Crippen LogP contribution in [-0.4, -0.2) is 23.2 Å². The van der Waals surface area contributed by atoms with E-state index in [1.165, 1.54) is 6.92 Å². The van der Waals surface area contributed by atoms with Gasteiger partial charge >= 0.3 is 0 Å². The highest BCUT2D eigenvalue weighted by molar-refractivity contribution is 5.97. The Morgan fingerprint density at radius 1 is 1.00 bits per heavy atom. The number of nitrogens with one attached hydrogen (secondary N) is 1. The molecule has 5 nitrogen and oxygen atoms in total. The molecule has 1 atom stereocenters. The number of nitrogens with two attached hydrogens (primary N) is 1. The molecule has 4 N–H and O–H groups in total. The van der Waals surface area contributed by atoms with E-state index in [2.05, 4.69) is 5.32 Å². The molecule has 28 heavy (non-hydrogen) atoms. The van der Waals surface area contributed by atoms with Gasteiger partial charge < -0.3 is 20.9 Å². The van der Waals surface area contributed by atoms with Crippen LogP contribution in [0.15, 0.2) is 78.9 Å². The lowest BCUT2D eigenvalue weighted by Crippen LogP contribution is -2.51. The maximum atomic E-state index is 12.0. The summed E-state index contributed by atoms with van der Waals surface area (Å²) >= 11 is 0. The van der Waals surface area contributed by atoms with Gasteiger partial charge in [-0.3, -0.25) is 4.79 Å². The Morgan fingerprint density at radius 2 is 1.71 bits per heavy atom. The number of aliphatic hydroxyl groups is 1. The fourth-order valence-electron chi connectivity index (χ4n) is 2.60. The highest BCUT2D eigenvalue weighted by Crippen LogP contribution is 2.26. The van der Waals surface area contributed by atoms with Gasteiger partial charge in [0.2, 0.25) is 5.91 Å². The van der Waals surface area contributed by atoms with Gasteiger partial charge in [-0.05, 0) is 47.9 Å². The van der Waals surface area contributed by atoms with E-state index in [0.717, 1.165) is 22.4 Å². The number of benzene rings is 3. The number of hydrogen-bond acceptors (Lipinski definition) is 4. The zero-order valence-corrected chi connectivity index (χ0v) is 15.8. The number of amides is 1. The first-order valence-electron chi connectivity index (χ1n) is 9.06. The number of carbonyl (C=O) groups is 1. The second-order valence-electron chi connectivity index (χ2n) is 6.91. The van der Waals surface area contributed by atoms with Crippen molar-refractivity contribution in [3.63, 3.8) is 0 Å². The van der Waals surface area contributed by atoms with E-state index in [0.29, 0.717) is 12.3 Å². The molecule has 0 aliphatic rings. The fourth-order valence-corrected chi connectivity index (χ4v) is 2.60. The van der Waals surface area contributed by atoms with Crippen LogP contribution < -0.4 is 15.8 Å². The predicted molar refractivity (Wildman–Crippen MR) is 111 cm³/mol. The summed E-state index contributed by atoms with van der Waals surface area (Å²) in [6.45, 7) is 1.57. The van der Waals surface area contributed by atoms with E-state index in [1.807, 2.05) is 66.7 Å². The summed E-state index contributed by atoms with van der Waals surface area (Å²) < 4.78 is 5.89. The van der Waals surface area contributed by atoms with Crippen LogP contribution >= 0.6 is 0 Å². The molecular weight excluding hydrogens is 352 g/mol. The summed E-state index contributed by atoms with van der Waals surface area (Å²) in [4.78, 5) is 12.0. The molecule has 0 spiro atoms. The van der Waals surface area contributed by atoms with Crippen molar-refractivity contribution in [2.45, 2.75) is 19.1 Å². The lowest BCUT2D eigenvalue weighted by Gasteiger charge is -2.20. The number of carbonyl (C=O) groups excluding carboxylic acids is 1. The number of hydrogen-bond donors (Lipinski definition) is 3. The Bertz CT molecular complexity index is 922. The zero-order chi connectivity index (χ0) is 20.0. The molecule has 0 fully saturated rings. The third kappa shape index (κ3) is 4.97. The maximum absolute atomic E-state index is 12.0. The minimum Gasteiger partial charge on any atom is -0.489 e. The average molecular weight is 376 g/mol. The average Bonchev–Trinajstić information content (AvgIpc) is 2.73. The van der Waals surface area contributed by atoms with Crippen LogP contribution in [0.25, 0.3) is 11.1 Å². The van der Waals surface area contributed by atoms with E-state index in [9.17, 15) is 9.90 Å². The summed E-state index contributed by atoms with van der Waals surface area (Å²) in [6.07, 6.45) is 0. The summed E-state index contributed by atoms with van der Waals surface area (Å²) in [5.74, 6) is 0.361. The molecule has 0 saturated heterocycles. The van der Waals surface area contributed by atoms with Crippen LogP contribution in [0.1, 0.15) is 12.5 Å². The van der Waals surface area contributed by atoms with Gasteiger partial charge in [-0.1, -0.05) is 54.6 Å². The van der Waals surface area contributed by atoms with Crippen molar-refractivity contribution in [2.75, 3.05) is 11.9 Å². The molecule has 3 aromatic carbocycles. The quantitative estimate of drug-likeness (QED) is 0.588. The molecule has 0 bridgehead atoms. The summed E-state index contributed by atoms with van der Waals surface area (Å²) in [7, 11) is 0. The third-order valence-corrected chi connectivity index (χ3v) is 4.41. The Kier molecular flexibility index (Phi) is 6.09. The second-order valence-corrected chi connectivity index (χ2v) is 6.91. The van der Waals surface area contributed by atoms with E-state index in [1.54, 1.807) is 12.1 Å². The van der Waals surface area contributed by atoms with Gasteiger partial charge in [-0.25, -0.2) is 0 Å². The van der Waals surface area contributed by atoms with E-state index in [4.69, 9.17) is 10.5 Å². The topological polar surface area (TPSA) is 84.6 Å². The number of anilines is 1. The minimum absolute atomic E-state index is 0.424. The van der Waals surface area contributed by atoms with Crippen LogP contribution in [0.2, 0.25) is 0 Å². The van der Waals surface area contributed by atoms with Gasteiger partial charge in [-0.15, -0.1) is 0 Å². The van der Waals surface area contributed by atoms with Crippen LogP contribution in [0, 0.1) is 0 Å². The Hall–Kier alpha value is -3.15. The summed E-state index contributed by atoms with van der Waals surface area (Å²) in [6, 6.07) is 25.3. The fraction of sp³-hybridized carbons (Fsp3) is 0.174. The van der Waals surface area contributed by atoms with Gasteiger partial charge in [0.05, 0.1) is 6.61 Å². The SMILES string of the molecule is CC(N)(CO)C(=O)Nc1ccc(-c2cccc(OCc3ccccc3)c2)cc1. The van der Waals surface area contributed by atoms with Crippen LogP contribution in [0.3, 0.4) is 0 Å². The van der Waals surface area contributed by atoms with Crippen molar-refractivity contribution >= 4 is 11.6 Å². The van der Waals surface area contributed by atoms with Crippen molar-refractivity contribution in [3.05, 3.63) is 84.4 Å². The van der Waals surface area contributed by atoms with Crippen molar-refractivity contribution in [1.29, 1.82) is 0 Å². The number of rotatable bonds is 7. The van der Waals surface area contributed by atoms with Crippen LogP contribution in [-0.2, 0) is 11.4 Å². The van der Waals surface area contributed by atoms with Crippen LogP contribution in [0.4, 0.5) is 5.69 Å². The molecule has 0 aliphatic heterocycles. The molecule has 0 saturated carbocycles. The van der Waals surface area contributed by atoms with Crippen molar-refractivity contribution in [2.24, 2.45) is 5.73 Å². The lowest BCUT2D eigenvalue weighted by atomic mass is 10.0. The molecule has 0 aliphatic carbocycles. The standard InChI is InChI=1S/C23H24N2O3/c1-23(24,16-26)22(27)25-20-12-10-18(11-13-20)19-8-5-9-21(14-19)28-15-17-6-3-2-4-7-17/h2-14,26H,15-16,24H2,1H3,(H,25,27). The molecule has 0 aromatic heterocycles. The Morgan fingerprint density at radius 3 is 2.39 bits per heavy atom. The molecule has 1 amide bonds. The Balaban J connectivity index is 1.67. The normalized spacial score (nSPS) is 12.8. The summed E-state index contributed by atoms with van der Waals surface area (Å²) in [5, 5.41) is 11.9. The molecule has 144 valence electrons. The monoisotopic (exact) mass is 376 g/mol. The van der Waals surface area contributed by atoms with Crippen LogP contribution in [0.5, 0.6) is 5.75 Å². The van der Waals surface area contributed by atoms with E-state index < -0.39 is 18.1 Å². The molecular formula is C23H24N2O3. The molecule has 5 heteroatoms. The molecule has 3 rings (SSSR count). The Labute approximate surface area is 164 Å². The van der Waals surface area contributed by atoms with Gasteiger partial charge in [0, 0.05) is 5.69 Å². The highest BCUT2D eigenvalue weighted by Gasteiger charge is 2.27. The smallest absolute Gasteiger partial charge is 0.246 e. The van der Waals surface area contributed by atoms with Gasteiger partial charge in [0.25, 0.3) is 0 Å². The molecule has 1 unspecified atom stereocenters. The van der Waals surface area contributed by atoms with Gasteiger partial charge in [0.1, 0.15) is 17.9 Å². The largest absolute Gasteiger partial charge is 0.489 e. The van der Waals surface area contributed by atoms with Crippen molar-refractivity contribution in [1.82, 2.24) is 0 Å². The minimum atomic E-state index is -1.32. The first-order valence-corrected chi connectivity index (χ1v) is 9.06. The highest BCUT2D eigenvalue weighted by atomic mass is 16.5. The van der Waals surface area contributed by atoms with E-state index in [-0.39, 0.29) is 0 Å². The van der Waals surface area contributed by atoms with Gasteiger partial charge in [-0.2, -0.15) is 0 Å². The predicted octanol–water partition coefficient (Wildman–Crippen LogP) is 3.58. The first kappa shape index (κ1) is 19.6. The third-order valence-electron chi connectivity index (χ3n) is 4.41.